The molecule has 8 nitrogen and oxygen atoms in total. The molecule has 0 saturated carbocycles. The van der Waals surface area contributed by atoms with Gasteiger partial charge in [-0.3, -0.25) is 9.78 Å². The number of carbonyl (C=O) groups excluding carboxylic acids is 1. The monoisotopic (exact) mass is 369 g/mol. The molecule has 0 N–H and O–H groups in total. The largest absolute Gasteiger partial charge is 0.376 e. The Balaban J connectivity index is 1.65. The number of aromatic nitrogens is 3. The first-order chi connectivity index (χ1) is 13.1. The van der Waals surface area contributed by atoms with Gasteiger partial charge in [0.25, 0.3) is 5.91 Å². The van der Waals surface area contributed by atoms with Crippen molar-refractivity contribution < 1.29 is 14.3 Å². The maximum Gasteiger partial charge on any atom is 0.254 e. The third-order valence-corrected chi connectivity index (χ3v) is 4.81. The molecule has 0 unspecified atom stereocenters. The van der Waals surface area contributed by atoms with Crippen molar-refractivity contribution >= 4 is 11.7 Å². The van der Waals surface area contributed by atoms with E-state index >= 15 is 0 Å². The predicted molar refractivity (Wildman–Crippen MR) is 99.3 cm³/mol. The van der Waals surface area contributed by atoms with E-state index in [9.17, 15) is 4.79 Å². The van der Waals surface area contributed by atoms with Gasteiger partial charge in [0.15, 0.2) is 11.9 Å². The Morgan fingerprint density at radius 2 is 2.04 bits per heavy atom. The van der Waals surface area contributed by atoms with Crippen LogP contribution in [0.1, 0.15) is 11.3 Å². The van der Waals surface area contributed by atoms with E-state index in [1.807, 2.05) is 36.0 Å². The van der Waals surface area contributed by atoms with Crippen molar-refractivity contribution in [2.45, 2.75) is 19.1 Å². The molecule has 0 radical (unpaired) electrons. The predicted octanol–water partition coefficient (Wildman–Crippen LogP) is 0.905. The number of carbonyl (C=O) groups is 1. The molecule has 1 amide bonds. The Morgan fingerprint density at radius 3 is 2.74 bits per heavy atom. The number of ether oxygens (including phenoxy) is 2. The van der Waals surface area contributed by atoms with Crippen LogP contribution in [-0.2, 0) is 27.2 Å². The van der Waals surface area contributed by atoms with Gasteiger partial charge in [-0.15, -0.1) is 0 Å². The molecule has 142 valence electrons. The molecule has 4 rings (SSSR count). The van der Waals surface area contributed by atoms with Crippen LogP contribution in [0.3, 0.4) is 0 Å². The van der Waals surface area contributed by atoms with Crippen molar-refractivity contribution in [1.82, 2.24) is 19.9 Å². The summed E-state index contributed by atoms with van der Waals surface area (Å²) in [5.41, 5.74) is 2.89. The molecule has 0 aliphatic carbocycles. The molecule has 0 bridgehead atoms. The first-order valence-electron chi connectivity index (χ1n) is 9.09. The SMILES string of the molecule is CN(C)c1nc(-c2ccncc2)nc2c1CCN(C(=O)[C@H]1COCCO1)C2. The second-order valence-corrected chi connectivity index (χ2v) is 6.87. The van der Waals surface area contributed by atoms with Crippen LogP contribution in [0.25, 0.3) is 11.4 Å². The van der Waals surface area contributed by atoms with Crippen LogP contribution in [-0.4, -0.2) is 72.3 Å². The number of hydrogen-bond acceptors (Lipinski definition) is 7. The molecule has 1 fully saturated rings. The minimum absolute atomic E-state index is 0.0316. The number of nitrogens with zero attached hydrogens (tertiary/aromatic N) is 5. The van der Waals surface area contributed by atoms with Crippen molar-refractivity contribution in [1.29, 1.82) is 0 Å². The zero-order valence-electron chi connectivity index (χ0n) is 15.6. The lowest BCUT2D eigenvalue weighted by Crippen LogP contribution is -2.47. The van der Waals surface area contributed by atoms with Crippen molar-refractivity contribution in [3.63, 3.8) is 0 Å². The molecular weight excluding hydrogens is 346 g/mol. The van der Waals surface area contributed by atoms with E-state index in [1.54, 1.807) is 12.4 Å². The Hall–Kier alpha value is -2.58. The summed E-state index contributed by atoms with van der Waals surface area (Å²) in [5, 5.41) is 0. The Kier molecular flexibility index (Phi) is 5.00. The lowest BCUT2D eigenvalue weighted by atomic mass is 10.0. The van der Waals surface area contributed by atoms with Gasteiger partial charge in [0.2, 0.25) is 0 Å². The second kappa shape index (κ2) is 7.58. The first kappa shape index (κ1) is 17.8. The summed E-state index contributed by atoms with van der Waals surface area (Å²) in [5.74, 6) is 1.51. The molecule has 4 heterocycles. The smallest absolute Gasteiger partial charge is 0.254 e. The summed E-state index contributed by atoms with van der Waals surface area (Å²) < 4.78 is 11.0. The van der Waals surface area contributed by atoms with Crippen LogP contribution < -0.4 is 4.90 Å². The van der Waals surface area contributed by atoms with E-state index < -0.39 is 6.10 Å². The standard InChI is InChI=1S/C19H23N5O3/c1-23(2)18-14-5-8-24(19(25)16-12-26-9-10-27-16)11-15(14)21-17(22-18)13-3-6-20-7-4-13/h3-4,6-7,16H,5,8-12H2,1-2H3/t16-/m1/s1. The van der Waals surface area contributed by atoms with Crippen LogP contribution in [0.5, 0.6) is 0 Å². The van der Waals surface area contributed by atoms with Crippen molar-refractivity contribution in [2.24, 2.45) is 0 Å². The maximum atomic E-state index is 12.8. The molecular formula is C19H23N5O3. The maximum absolute atomic E-state index is 12.8. The molecule has 0 aromatic carbocycles. The Labute approximate surface area is 158 Å². The normalized spacial score (nSPS) is 19.5. The fraction of sp³-hybridized carbons (Fsp3) is 0.474. The number of amides is 1. The van der Waals surface area contributed by atoms with Crippen molar-refractivity contribution in [3.8, 4) is 11.4 Å². The van der Waals surface area contributed by atoms with Gasteiger partial charge in [0.05, 0.1) is 32.1 Å². The molecule has 0 spiro atoms. The molecule has 2 aliphatic heterocycles. The van der Waals surface area contributed by atoms with E-state index in [2.05, 4.69) is 4.98 Å². The van der Waals surface area contributed by atoms with Gasteiger partial charge in [-0.25, -0.2) is 9.97 Å². The quantitative estimate of drug-likeness (QED) is 0.795. The van der Waals surface area contributed by atoms with E-state index in [0.717, 1.165) is 29.1 Å². The molecule has 27 heavy (non-hydrogen) atoms. The van der Waals surface area contributed by atoms with Crippen LogP contribution in [0.4, 0.5) is 5.82 Å². The van der Waals surface area contributed by atoms with Gasteiger partial charge in [-0.2, -0.15) is 0 Å². The van der Waals surface area contributed by atoms with E-state index in [0.29, 0.717) is 38.7 Å². The molecule has 2 aliphatic rings. The van der Waals surface area contributed by atoms with Crippen molar-refractivity contribution in [2.75, 3.05) is 45.4 Å². The lowest BCUT2D eigenvalue weighted by molar-refractivity contribution is -0.158. The van der Waals surface area contributed by atoms with Crippen LogP contribution in [0, 0.1) is 0 Å². The van der Waals surface area contributed by atoms with E-state index in [4.69, 9.17) is 19.4 Å². The van der Waals surface area contributed by atoms with Crippen molar-refractivity contribution in [3.05, 3.63) is 35.8 Å². The average Bonchev–Trinajstić information content (AvgIpc) is 2.73. The molecule has 1 atom stereocenters. The van der Waals surface area contributed by atoms with Crippen LogP contribution >= 0.6 is 0 Å². The third kappa shape index (κ3) is 3.63. The Morgan fingerprint density at radius 1 is 1.22 bits per heavy atom. The van der Waals surface area contributed by atoms with Gasteiger partial charge in [-0.1, -0.05) is 0 Å². The summed E-state index contributed by atoms with van der Waals surface area (Å²) in [6.07, 6.45) is 3.65. The number of hydrogen-bond donors (Lipinski definition) is 0. The number of pyridine rings is 1. The highest BCUT2D eigenvalue weighted by Gasteiger charge is 2.32. The highest BCUT2D eigenvalue weighted by Crippen LogP contribution is 2.28. The van der Waals surface area contributed by atoms with Gasteiger partial charge >= 0.3 is 0 Å². The summed E-state index contributed by atoms with van der Waals surface area (Å²) in [4.78, 5) is 30.2. The zero-order chi connectivity index (χ0) is 18.8. The summed E-state index contributed by atoms with van der Waals surface area (Å²) in [6, 6.07) is 3.78. The van der Waals surface area contributed by atoms with Crippen LogP contribution in [0.15, 0.2) is 24.5 Å². The lowest BCUT2D eigenvalue weighted by Gasteiger charge is -2.33. The van der Waals surface area contributed by atoms with Gasteiger partial charge in [0, 0.05) is 44.2 Å². The minimum Gasteiger partial charge on any atom is -0.376 e. The molecule has 1 saturated heterocycles. The number of fused-ring (bicyclic) bond motifs is 1. The van der Waals surface area contributed by atoms with E-state index in [-0.39, 0.29) is 5.91 Å². The molecule has 2 aromatic heterocycles. The highest BCUT2D eigenvalue weighted by molar-refractivity contribution is 5.81. The second-order valence-electron chi connectivity index (χ2n) is 6.87. The minimum atomic E-state index is -0.518. The van der Waals surface area contributed by atoms with E-state index in [1.165, 1.54) is 0 Å². The Bertz CT molecular complexity index is 822. The topological polar surface area (TPSA) is 80.7 Å². The van der Waals surface area contributed by atoms with Gasteiger partial charge in [0.1, 0.15) is 5.82 Å². The average molecular weight is 369 g/mol. The summed E-state index contributed by atoms with van der Waals surface area (Å²) in [6.45, 7) is 2.40. The summed E-state index contributed by atoms with van der Waals surface area (Å²) in [7, 11) is 3.95. The number of rotatable bonds is 3. The number of anilines is 1. The van der Waals surface area contributed by atoms with Crippen LogP contribution in [0.2, 0.25) is 0 Å². The molecule has 2 aromatic rings. The zero-order valence-corrected chi connectivity index (χ0v) is 15.6. The first-order valence-corrected chi connectivity index (χ1v) is 9.09. The fourth-order valence-electron chi connectivity index (χ4n) is 3.43. The molecule has 8 heteroatoms. The summed E-state index contributed by atoms with van der Waals surface area (Å²) >= 11 is 0. The fourth-order valence-corrected chi connectivity index (χ4v) is 3.43. The highest BCUT2D eigenvalue weighted by atomic mass is 16.6. The van der Waals surface area contributed by atoms with Gasteiger partial charge in [-0.05, 0) is 18.6 Å². The third-order valence-electron chi connectivity index (χ3n) is 4.81. The van der Waals surface area contributed by atoms with Gasteiger partial charge < -0.3 is 19.3 Å².